The Morgan fingerprint density at radius 1 is 0.250 bits per heavy atom. The van der Waals surface area contributed by atoms with Gasteiger partial charge in [0, 0.05) is 105 Å². The van der Waals surface area contributed by atoms with E-state index in [1.165, 1.54) is 0 Å². The van der Waals surface area contributed by atoms with Gasteiger partial charge in [-0.05, 0) is 224 Å². The molecule has 0 rings (SSSR count). The molecule has 0 aliphatic carbocycles. The first kappa shape index (κ1) is 85.0. The molecule has 84 heavy (non-hydrogen) atoms. The van der Waals surface area contributed by atoms with Gasteiger partial charge in [-0.25, -0.2) is 0 Å². The lowest BCUT2D eigenvalue weighted by atomic mass is 10.5. The normalized spacial score (nSPS) is 17.9. The number of nitrogens with one attached hydrogen (secondary N) is 8. The molecule has 0 radical (unpaired) electrons. The van der Waals surface area contributed by atoms with Crippen LogP contribution in [0.15, 0.2) is 0 Å². The van der Waals surface area contributed by atoms with Crippen molar-refractivity contribution >= 4 is 77.3 Å². The minimum Gasteiger partial charge on any atom is -0.439 e. The zero-order valence-electron chi connectivity index (χ0n) is 55.7. The van der Waals surface area contributed by atoms with E-state index in [2.05, 4.69) is 115 Å². The molecule has 0 heterocycles. The zero-order valence-corrected chi connectivity index (χ0v) is 64.9. The quantitative estimate of drug-likeness (QED) is 0.0302. The molecule has 0 amide bonds. The number of hydrogen-bond acceptors (Lipinski definition) is 24. The van der Waals surface area contributed by atoms with Crippen molar-refractivity contribution in [3.8, 4) is 0 Å². The first-order valence-electron chi connectivity index (χ1n) is 32.7. The molecule has 8 unspecified atom stereocenters. The summed E-state index contributed by atoms with van der Waals surface area (Å²) in [5, 5.41) is 28.3. The van der Waals surface area contributed by atoms with Crippen molar-refractivity contribution in [2.24, 2.45) is 45.9 Å². The van der Waals surface area contributed by atoms with E-state index in [4.69, 9.17) is 78.8 Å². The summed E-state index contributed by atoms with van der Waals surface area (Å²) in [6, 6.07) is 6.42. The maximum Gasteiger partial charge on any atom is 0.317 e. The molecule has 0 aromatic carbocycles. The predicted molar refractivity (Wildman–Crippen MR) is 377 cm³/mol. The van der Waals surface area contributed by atoms with Crippen LogP contribution in [0, 0.1) is 0 Å². The highest BCUT2D eigenvalue weighted by molar-refractivity contribution is 6.93. The lowest BCUT2D eigenvalue weighted by molar-refractivity contribution is 0.242. The fourth-order valence-electron chi connectivity index (χ4n) is 10.8. The van der Waals surface area contributed by atoms with E-state index < -0.39 is 77.3 Å². The third kappa shape index (κ3) is 45.3. The topological polar surface area (TPSA) is 378 Å². The van der Waals surface area contributed by atoms with Gasteiger partial charge in [-0.2, -0.15) is 0 Å². The SMILES string of the molecule is C[SiH](CCCNCCN)O[Si](C)(CCCNCCN)O[Si](C)(CCCNCCN)O[Si](C)(CCCNCCN)O[Si](C)(CCCNCCN)O[Si](C)(CCCNCCN)O[Si](C)(CCCNCCN)O[Si](C)(CCCNCCN)O[Si](C)(C)C. The smallest absolute Gasteiger partial charge is 0.317 e. The lowest BCUT2D eigenvalue weighted by Gasteiger charge is -2.48. The summed E-state index contributed by atoms with van der Waals surface area (Å²) in [6.45, 7) is 42.2. The van der Waals surface area contributed by atoms with E-state index in [0.717, 1.165) is 204 Å². The van der Waals surface area contributed by atoms with Crippen molar-refractivity contribution in [3.63, 3.8) is 0 Å². The first-order chi connectivity index (χ1) is 39.8. The Bertz CT molecular complexity index is 1560. The van der Waals surface area contributed by atoms with Gasteiger partial charge in [0.05, 0.1) is 0 Å². The van der Waals surface area contributed by atoms with Crippen LogP contribution < -0.4 is 88.4 Å². The monoisotopic (exact) mass is 1350 g/mol. The zero-order chi connectivity index (χ0) is 63.2. The standard InChI is InChI=1S/C51H138N16O8Si9/c1-76(44-12-28-60-36-20-52)68-78(5,45-13-29-61-37-21-53)70-80(7,47-15-31-63-39-23-55)72-82(9,49-17-33-65-41-25-57)74-84(11,51-19-35-67-43-27-59)75-83(10,50-18-34-66-42-26-58)73-81(8,48-16-32-64-40-24-56)71-79(6,69-77(2,3)4)46-14-30-62-38-22-54/h60-67,76H,12-59H2,1-11H3. The molecule has 24 nitrogen and oxygen atoms in total. The molecule has 0 aliphatic heterocycles. The molecule has 8 atom stereocenters. The molecule has 0 bridgehead atoms. The van der Waals surface area contributed by atoms with Gasteiger partial charge >= 0.3 is 59.9 Å². The number of nitrogens with two attached hydrogens (primary N) is 8. The van der Waals surface area contributed by atoms with Crippen molar-refractivity contribution in [3.05, 3.63) is 0 Å². The average Bonchev–Trinajstić information content (AvgIpc) is 1.95. The molecule has 0 aromatic heterocycles. The van der Waals surface area contributed by atoms with Crippen molar-refractivity contribution in [1.29, 1.82) is 0 Å². The molecule has 506 valence electrons. The lowest BCUT2D eigenvalue weighted by Crippen LogP contribution is -2.65. The van der Waals surface area contributed by atoms with Crippen LogP contribution in [0.3, 0.4) is 0 Å². The van der Waals surface area contributed by atoms with E-state index >= 15 is 0 Å². The maximum atomic E-state index is 8.06. The fraction of sp³-hybridized carbons (Fsp3) is 1.00. The Labute approximate surface area is 524 Å². The third-order valence-corrected chi connectivity index (χ3v) is 52.5. The van der Waals surface area contributed by atoms with Crippen molar-refractivity contribution in [1.82, 2.24) is 42.5 Å². The number of rotatable bonds is 64. The summed E-state index contributed by atoms with van der Waals surface area (Å²) in [7, 11) is -25.5. The second-order valence-electron chi connectivity index (χ2n) is 24.9. The van der Waals surface area contributed by atoms with Gasteiger partial charge in [0.2, 0.25) is 0 Å². The van der Waals surface area contributed by atoms with Gasteiger partial charge in [-0.15, -0.1) is 0 Å². The van der Waals surface area contributed by atoms with Crippen molar-refractivity contribution in [2.75, 3.05) is 157 Å². The second-order valence-corrected chi connectivity index (χ2v) is 57.3. The van der Waals surface area contributed by atoms with Crippen LogP contribution in [0.5, 0.6) is 0 Å². The molecular formula is C51H138N16O8Si9. The van der Waals surface area contributed by atoms with E-state index in [0.29, 0.717) is 52.4 Å². The van der Waals surface area contributed by atoms with Gasteiger partial charge in [0.1, 0.15) is 0 Å². The summed E-state index contributed by atoms with van der Waals surface area (Å²) in [6.07, 6.45) is 7.10. The first-order valence-corrected chi connectivity index (χ1v) is 56.2. The van der Waals surface area contributed by atoms with Crippen LogP contribution >= 0.6 is 0 Å². The highest BCUT2D eigenvalue weighted by Gasteiger charge is 2.55. The van der Waals surface area contributed by atoms with Gasteiger partial charge in [0.15, 0.2) is 17.4 Å². The predicted octanol–water partition coefficient (Wildman–Crippen LogP) is 1.32. The Morgan fingerprint density at radius 3 is 0.631 bits per heavy atom. The molecule has 0 fully saturated rings. The molecule has 24 N–H and O–H groups in total. The Morgan fingerprint density at radius 2 is 0.429 bits per heavy atom. The van der Waals surface area contributed by atoms with Gasteiger partial charge < -0.3 is 121 Å². The summed E-state index contributed by atoms with van der Waals surface area (Å²) in [5.74, 6) is 0. The molecule has 0 aromatic rings. The van der Waals surface area contributed by atoms with Crippen LogP contribution in [-0.4, -0.2) is 234 Å². The largest absolute Gasteiger partial charge is 0.439 e. The van der Waals surface area contributed by atoms with Gasteiger partial charge in [-0.1, -0.05) is 0 Å². The molecule has 0 spiro atoms. The Kier molecular flexibility index (Phi) is 50.2. The van der Waals surface area contributed by atoms with E-state index in [-0.39, 0.29) is 0 Å². The fourth-order valence-corrected chi connectivity index (χ4v) is 58.0. The van der Waals surface area contributed by atoms with E-state index in [1.54, 1.807) is 0 Å². The Balaban J connectivity index is 8.20. The second kappa shape index (κ2) is 49.6. The van der Waals surface area contributed by atoms with Crippen LogP contribution in [0.1, 0.15) is 51.4 Å². The van der Waals surface area contributed by atoms with Crippen LogP contribution in [-0.2, 0) is 32.9 Å². The van der Waals surface area contributed by atoms with Crippen molar-refractivity contribution < 1.29 is 32.9 Å². The highest BCUT2D eigenvalue weighted by atomic mass is 28.5. The number of hydrogen-bond donors (Lipinski definition) is 16. The minimum atomic E-state index is -3.28. The van der Waals surface area contributed by atoms with E-state index in [1.807, 2.05) is 0 Å². The third-order valence-electron chi connectivity index (χ3n) is 14.0. The van der Waals surface area contributed by atoms with Crippen LogP contribution in [0.25, 0.3) is 0 Å². The van der Waals surface area contributed by atoms with Crippen LogP contribution in [0.4, 0.5) is 0 Å². The maximum absolute atomic E-state index is 8.06. The Hall–Kier alpha value is 0.992. The average molecular weight is 1360 g/mol. The molecule has 0 saturated heterocycles. The summed E-state index contributed by atoms with van der Waals surface area (Å²) in [4.78, 5) is 0. The van der Waals surface area contributed by atoms with Crippen LogP contribution in [0.2, 0.25) is 120 Å². The molecule has 0 aliphatic rings. The molecule has 0 saturated carbocycles. The summed E-state index contributed by atoms with van der Waals surface area (Å²) < 4.78 is 62.2. The van der Waals surface area contributed by atoms with Gasteiger partial charge in [-0.3, -0.25) is 0 Å². The van der Waals surface area contributed by atoms with Gasteiger partial charge in [0.25, 0.3) is 0 Å². The van der Waals surface area contributed by atoms with Crippen molar-refractivity contribution in [2.45, 2.75) is 172 Å². The molecular weight excluding hydrogens is 1220 g/mol. The minimum absolute atomic E-state index is 0.558. The summed E-state index contributed by atoms with van der Waals surface area (Å²) in [5.41, 5.74) is 47.5. The highest BCUT2D eigenvalue weighted by Crippen LogP contribution is 2.38. The summed E-state index contributed by atoms with van der Waals surface area (Å²) >= 11 is 0. The molecule has 33 heteroatoms. The van der Waals surface area contributed by atoms with E-state index in [9.17, 15) is 0 Å².